The van der Waals surface area contributed by atoms with Crippen molar-refractivity contribution in [3.8, 4) is 0 Å². The number of rotatable bonds is 2. The Morgan fingerprint density at radius 3 is 2.68 bits per heavy atom. The monoisotopic (exact) mass is 300 g/mol. The lowest BCUT2D eigenvalue weighted by Gasteiger charge is -2.45. The van der Waals surface area contributed by atoms with Crippen molar-refractivity contribution in [1.82, 2.24) is 5.32 Å². The van der Waals surface area contributed by atoms with Gasteiger partial charge in [0.15, 0.2) is 0 Å². The summed E-state index contributed by atoms with van der Waals surface area (Å²) in [5.74, 6) is 0.145. The van der Waals surface area contributed by atoms with Crippen molar-refractivity contribution in [3.05, 3.63) is 33.8 Å². The quantitative estimate of drug-likeness (QED) is 0.876. The number of hydrogen-bond acceptors (Lipinski definition) is 3. The zero-order valence-corrected chi connectivity index (χ0v) is 11.6. The van der Waals surface area contributed by atoms with E-state index in [2.05, 4.69) is 5.32 Å². The topological polar surface area (TPSA) is 64.3 Å². The molecule has 4 atom stereocenters. The summed E-state index contributed by atoms with van der Waals surface area (Å²) in [6.45, 7) is 0.721. The predicted molar refractivity (Wildman–Crippen MR) is 73.5 cm³/mol. The van der Waals surface area contributed by atoms with E-state index in [0.717, 1.165) is 13.0 Å². The van der Waals surface area contributed by atoms with Gasteiger partial charge in [-0.25, -0.2) is 0 Å². The van der Waals surface area contributed by atoms with Crippen molar-refractivity contribution in [1.29, 1.82) is 0 Å². The molecule has 2 aliphatic rings. The molecule has 3 rings (SSSR count). The van der Waals surface area contributed by atoms with Crippen LogP contribution in [0.1, 0.15) is 16.8 Å². The van der Waals surface area contributed by atoms with Crippen LogP contribution in [0.2, 0.25) is 10.0 Å². The van der Waals surface area contributed by atoms with E-state index in [1.165, 1.54) is 0 Å². The number of fused-ring (bicyclic) bond motifs is 1. The summed E-state index contributed by atoms with van der Waals surface area (Å²) in [7, 11) is 0. The lowest BCUT2D eigenvalue weighted by molar-refractivity contribution is -0.0161. The maximum atomic E-state index is 12.1. The standard InChI is InChI=1S/C13H14Cl2N2O2/c14-7-3-6(4-8(15)5-7)13(18)17-11-10(16)9-1-2-19-12(9)11/h3-5,9-12H,1-2,16H2,(H,17,18). The molecular formula is C13H14Cl2N2O2. The van der Waals surface area contributed by atoms with Gasteiger partial charge in [0.2, 0.25) is 0 Å². The van der Waals surface area contributed by atoms with Crippen molar-refractivity contribution >= 4 is 29.1 Å². The predicted octanol–water partition coefficient (Wildman–Crippen LogP) is 1.84. The minimum Gasteiger partial charge on any atom is -0.376 e. The Kier molecular flexibility index (Phi) is 3.43. The molecule has 4 unspecified atom stereocenters. The number of nitrogens with one attached hydrogen (secondary N) is 1. The molecule has 19 heavy (non-hydrogen) atoms. The van der Waals surface area contributed by atoms with Crippen molar-refractivity contribution in [2.24, 2.45) is 11.7 Å². The summed E-state index contributed by atoms with van der Waals surface area (Å²) in [5, 5.41) is 3.77. The van der Waals surface area contributed by atoms with Crippen molar-refractivity contribution in [2.75, 3.05) is 6.61 Å². The first-order valence-corrected chi connectivity index (χ1v) is 6.96. The summed E-state index contributed by atoms with van der Waals surface area (Å²) in [5.41, 5.74) is 6.48. The third-order valence-corrected chi connectivity index (χ3v) is 4.31. The van der Waals surface area contributed by atoms with Crippen LogP contribution in [0.3, 0.4) is 0 Å². The zero-order valence-electron chi connectivity index (χ0n) is 10.1. The van der Waals surface area contributed by atoms with Crippen LogP contribution in [0.15, 0.2) is 18.2 Å². The molecule has 1 aromatic carbocycles. The van der Waals surface area contributed by atoms with Gasteiger partial charge in [-0.3, -0.25) is 4.79 Å². The zero-order chi connectivity index (χ0) is 13.6. The summed E-state index contributed by atoms with van der Waals surface area (Å²) in [6.07, 6.45) is 1.02. The largest absolute Gasteiger partial charge is 0.376 e. The Bertz CT molecular complexity index is 503. The minimum absolute atomic E-state index is 0.0360. The van der Waals surface area contributed by atoms with Crippen LogP contribution in [0.5, 0.6) is 0 Å². The average molecular weight is 301 g/mol. The number of benzene rings is 1. The van der Waals surface area contributed by atoms with Crippen molar-refractivity contribution < 1.29 is 9.53 Å². The number of nitrogens with two attached hydrogens (primary N) is 1. The van der Waals surface area contributed by atoms with Crippen molar-refractivity contribution in [3.63, 3.8) is 0 Å². The second-order valence-electron chi connectivity index (χ2n) is 5.02. The van der Waals surface area contributed by atoms with Crippen LogP contribution >= 0.6 is 23.2 Å². The number of hydrogen-bond donors (Lipinski definition) is 2. The number of amides is 1. The molecule has 3 N–H and O–H groups in total. The summed E-state index contributed by atoms with van der Waals surface area (Å²) >= 11 is 11.8. The normalized spacial score (nSPS) is 32.6. The Morgan fingerprint density at radius 2 is 2.00 bits per heavy atom. The molecule has 1 saturated heterocycles. The third-order valence-electron chi connectivity index (χ3n) is 3.87. The Labute approximate surface area is 121 Å². The van der Waals surface area contributed by atoms with Gasteiger partial charge in [-0.05, 0) is 24.6 Å². The molecule has 0 spiro atoms. The molecule has 0 aromatic heterocycles. The Morgan fingerprint density at radius 1 is 1.32 bits per heavy atom. The first-order valence-electron chi connectivity index (χ1n) is 6.20. The van der Waals surface area contributed by atoms with Gasteiger partial charge in [0.25, 0.3) is 5.91 Å². The minimum atomic E-state index is -0.223. The van der Waals surface area contributed by atoms with Gasteiger partial charge in [0.05, 0.1) is 12.1 Å². The molecule has 1 heterocycles. The second kappa shape index (κ2) is 4.94. The first kappa shape index (κ1) is 13.2. The van der Waals surface area contributed by atoms with Crippen LogP contribution in [0, 0.1) is 5.92 Å². The molecule has 0 radical (unpaired) electrons. The van der Waals surface area contributed by atoms with Crippen LogP contribution in [-0.2, 0) is 4.74 Å². The molecule has 1 amide bonds. The molecule has 1 aliphatic carbocycles. The van der Waals surface area contributed by atoms with E-state index >= 15 is 0 Å². The molecule has 2 fully saturated rings. The van der Waals surface area contributed by atoms with E-state index in [4.69, 9.17) is 33.7 Å². The van der Waals surface area contributed by atoms with E-state index in [0.29, 0.717) is 21.5 Å². The van der Waals surface area contributed by atoms with Gasteiger partial charge in [-0.15, -0.1) is 0 Å². The summed E-state index contributed by atoms with van der Waals surface area (Å²) in [6, 6.07) is 4.59. The Balaban J connectivity index is 1.71. The summed E-state index contributed by atoms with van der Waals surface area (Å²) in [4.78, 5) is 12.1. The van der Waals surface area contributed by atoms with Crippen LogP contribution in [0.25, 0.3) is 0 Å². The third kappa shape index (κ3) is 2.34. The summed E-state index contributed by atoms with van der Waals surface area (Å²) < 4.78 is 5.57. The SMILES string of the molecule is NC1C2CCOC2C1NC(=O)c1cc(Cl)cc(Cl)c1. The van der Waals surface area contributed by atoms with E-state index in [1.807, 2.05) is 0 Å². The van der Waals surface area contributed by atoms with Gasteiger partial charge in [0, 0.05) is 34.2 Å². The first-order chi connectivity index (χ1) is 9.06. The van der Waals surface area contributed by atoms with Crippen LogP contribution in [0.4, 0.5) is 0 Å². The van der Waals surface area contributed by atoms with Crippen molar-refractivity contribution in [2.45, 2.75) is 24.6 Å². The van der Waals surface area contributed by atoms with E-state index in [1.54, 1.807) is 18.2 Å². The second-order valence-corrected chi connectivity index (χ2v) is 5.90. The maximum Gasteiger partial charge on any atom is 0.251 e. The molecule has 6 heteroatoms. The smallest absolute Gasteiger partial charge is 0.251 e. The number of carbonyl (C=O) groups excluding carboxylic acids is 1. The number of ether oxygens (including phenoxy) is 1. The molecule has 1 saturated carbocycles. The molecule has 102 valence electrons. The van der Waals surface area contributed by atoms with Gasteiger partial charge in [-0.2, -0.15) is 0 Å². The van der Waals surface area contributed by atoms with Gasteiger partial charge >= 0.3 is 0 Å². The van der Waals surface area contributed by atoms with E-state index in [9.17, 15) is 4.79 Å². The van der Waals surface area contributed by atoms with Gasteiger partial charge < -0.3 is 15.8 Å². The van der Waals surface area contributed by atoms with Gasteiger partial charge in [-0.1, -0.05) is 23.2 Å². The highest BCUT2D eigenvalue weighted by molar-refractivity contribution is 6.35. The fourth-order valence-corrected chi connectivity index (χ4v) is 3.37. The fourth-order valence-electron chi connectivity index (χ4n) is 2.85. The highest BCUT2D eigenvalue weighted by Gasteiger charge is 2.52. The molecule has 0 bridgehead atoms. The van der Waals surface area contributed by atoms with Crippen LogP contribution in [-0.4, -0.2) is 30.7 Å². The lowest BCUT2D eigenvalue weighted by Crippen LogP contribution is -2.68. The maximum absolute atomic E-state index is 12.1. The average Bonchev–Trinajstić information content (AvgIpc) is 2.79. The number of carbonyl (C=O) groups is 1. The van der Waals surface area contributed by atoms with Crippen LogP contribution < -0.4 is 11.1 Å². The fraction of sp³-hybridized carbons (Fsp3) is 0.462. The van der Waals surface area contributed by atoms with Gasteiger partial charge in [0.1, 0.15) is 0 Å². The van der Waals surface area contributed by atoms with E-state index < -0.39 is 0 Å². The molecule has 1 aromatic rings. The molecular weight excluding hydrogens is 287 g/mol. The highest BCUT2D eigenvalue weighted by Crippen LogP contribution is 2.37. The molecule has 4 nitrogen and oxygen atoms in total. The van der Waals surface area contributed by atoms with E-state index in [-0.39, 0.29) is 24.1 Å². The molecule has 1 aliphatic heterocycles. The Hall–Kier alpha value is -0.810. The highest BCUT2D eigenvalue weighted by atomic mass is 35.5. The lowest BCUT2D eigenvalue weighted by atomic mass is 9.72. The number of halogens is 2.